The van der Waals surface area contributed by atoms with Gasteiger partial charge in [0.15, 0.2) is 11.6 Å². The van der Waals surface area contributed by atoms with Gasteiger partial charge in [0, 0.05) is 24.9 Å². The molecular weight excluding hydrogens is 495 g/mol. The Hall–Kier alpha value is -3.87. The molecule has 6 nitrogen and oxygen atoms in total. The third-order valence-corrected chi connectivity index (χ3v) is 7.19. The van der Waals surface area contributed by atoms with Crippen molar-refractivity contribution in [1.29, 1.82) is 0 Å². The maximum atomic E-state index is 14.2. The van der Waals surface area contributed by atoms with Crippen LogP contribution in [0.4, 0.5) is 10.1 Å². The van der Waals surface area contributed by atoms with Gasteiger partial charge in [0.2, 0.25) is 0 Å². The van der Waals surface area contributed by atoms with Gasteiger partial charge in [0.25, 0.3) is 5.91 Å². The predicted octanol–water partition coefficient (Wildman–Crippen LogP) is 7.57. The highest BCUT2D eigenvalue weighted by Crippen LogP contribution is 2.34. The van der Waals surface area contributed by atoms with E-state index in [1.807, 2.05) is 61.4 Å². The minimum Gasteiger partial charge on any atom is -0.493 e. The quantitative estimate of drug-likeness (QED) is 0.240. The van der Waals surface area contributed by atoms with Gasteiger partial charge in [-0.05, 0) is 88.3 Å². The van der Waals surface area contributed by atoms with E-state index in [4.69, 9.17) is 14.2 Å². The number of aliphatic imine (C=N–C) groups is 1. The summed E-state index contributed by atoms with van der Waals surface area (Å²) in [6.45, 7) is 5.91. The molecule has 2 aliphatic rings. The number of aryl methyl sites for hydroxylation is 2. The molecular formula is C32H35FN2O4. The van der Waals surface area contributed by atoms with Crippen LogP contribution in [0.1, 0.15) is 60.0 Å². The van der Waals surface area contributed by atoms with Gasteiger partial charge in [0.1, 0.15) is 17.2 Å². The largest absolute Gasteiger partial charge is 0.493 e. The number of nitrogens with zero attached hydrogens (tertiary/aromatic N) is 2. The number of ether oxygens (including phenoxy) is 3. The molecule has 7 heteroatoms. The van der Waals surface area contributed by atoms with E-state index in [2.05, 4.69) is 4.99 Å². The van der Waals surface area contributed by atoms with E-state index in [0.29, 0.717) is 36.0 Å². The molecule has 5 rings (SSSR count). The zero-order valence-electron chi connectivity index (χ0n) is 22.6. The van der Waals surface area contributed by atoms with E-state index in [9.17, 15) is 9.18 Å². The van der Waals surface area contributed by atoms with Crippen LogP contribution in [0.15, 0.2) is 59.6 Å². The molecule has 0 unspecified atom stereocenters. The molecule has 2 aliphatic heterocycles. The molecule has 0 bridgehead atoms. The average molecular weight is 531 g/mol. The van der Waals surface area contributed by atoms with Crippen molar-refractivity contribution < 1.29 is 23.4 Å². The van der Waals surface area contributed by atoms with Crippen LogP contribution in [0.5, 0.6) is 23.0 Å². The number of rotatable bonds is 11. The maximum Gasteiger partial charge on any atom is 0.256 e. The molecule has 1 fully saturated rings. The number of hydrogen-bond donors (Lipinski definition) is 0. The second kappa shape index (κ2) is 12.3. The standard InChI is InChI=1S/C32H35FN2O4/c1-22-9-11-25(12-10-22)39-31-19-26(13-14-28(31)33)37-16-5-3-4-6-17-38-30-20-29-27(18-23(30)2)32(36)35-15-7-8-24(35)21-34-29/h9-14,18-21,24H,3-8,15-17H2,1-2H3/t24-/m0/s1. The summed E-state index contributed by atoms with van der Waals surface area (Å²) in [4.78, 5) is 19.5. The van der Waals surface area contributed by atoms with E-state index in [1.165, 1.54) is 6.07 Å². The molecule has 204 valence electrons. The average Bonchev–Trinajstić information content (AvgIpc) is 3.36. The van der Waals surface area contributed by atoms with Crippen LogP contribution in [0.2, 0.25) is 0 Å². The highest BCUT2D eigenvalue weighted by molar-refractivity contribution is 6.03. The van der Waals surface area contributed by atoms with Gasteiger partial charge in [0.05, 0.1) is 30.5 Å². The molecule has 0 spiro atoms. The van der Waals surface area contributed by atoms with Crippen molar-refractivity contribution in [3.8, 4) is 23.0 Å². The lowest BCUT2D eigenvalue weighted by molar-refractivity contribution is 0.0774. The number of fused-ring (bicyclic) bond motifs is 2. The first-order valence-corrected chi connectivity index (χ1v) is 13.8. The first-order chi connectivity index (χ1) is 19.0. The van der Waals surface area contributed by atoms with E-state index in [1.54, 1.807) is 12.1 Å². The van der Waals surface area contributed by atoms with Crippen molar-refractivity contribution in [1.82, 2.24) is 4.90 Å². The lowest BCUT2D eigenvalue weighted by Crippen LogP contribution is -2.35. The topological polar surface area (TPSA) is 60.4 Å². The monoisotopic (exact) mass is 530 g/mol. The Morgan fingerprint density at radius 1 is 0.897 bits per heavy atom. The lowest BCUT2D eigenvalue weighted by Gasteiger charge is -2.20. The highest BCUT2D eigenvalue weighted by atomic mass is 19.1. The number of carbonyl (C=O) groups excluding carboxylic acids is 1. The zero-order chi connectivity index (χ0) is 27.2. The zero-order valence-corrected chi connectivity index (χ0v) is 22.6. The second-order valence-electron chi connectivity index (χ2n) is 10.2. The summed E-state index contributed by atoms with van der Waals surface area (Å²) in [5, 5.41) is 0. The number of hydrogen-bond acceptors (Lipinski definition) is 5. The third kappa shape index (κ3) is 6.59. The molecule has 0 radical (unpaired) electrons. The van der Waals surface area contributed by atoms with Gasteiger partial charge in [-0.25, -0.2) is 4.39 Å². The molecule has 0 N–H and O–H groups in total. The minimum absolute atomic E-state index is 0.0672. The Labute approximate surface area is 229 Å². The number of benzene rings is 3. The van der Waals surface area contributed by atoms with Crippen molar-refractivity contribution in [3.63, 3.8) is 0 Å². The molecule has 1 atom stereocenters. The number of unbranched alkanes of at least 4 members (excludes halogenated alkanes) is 3. The summed E-state index contributed by atoms with van der Waals surface area (Å²) in [5.74, 6) is 1.74. The predicted molar refractivity (Wildman–Crippen MR) is 151 cm³/mol. The molecule has 1 amide bonds. The summed E-state index contributed by atoms with van der Waals surface area (Å²) < 4.78 is 31.8. The van der Waals surface area contributed by atoms with Crippen LogP contribution >= 0.6 is 0 Å². The fourth-order valence-corrected chi connectivity index (χ4v) is 4.95. The second-order valence-corrected chi connectivity index (χ2v) is 10.2. The summed E-state index contributed by atoms with van der Waals surface area (Å²) in [7, 11) is 0. The Kier molecular flexibility index (Phi) is 8.45. The first kappa shape index (κ1) is 26.7. The molecule has 2 heterocycles. The molecule has 1 saturated heterocycles. The van der Waals surface area contributed by atoms with Crippen molar-refractivity contribution in [2.75, 3.05) is 19.8 Å². The van der Waals surface area contributed by atoms with E-state index < -0.39 is 5.82 Å². The van der Waals surface area contributed by atoms with Crippen molar-refractivity contribution in [3.05, 3.63) is 77.1 Å². The summed E-state index contributed by atoms with van der Waals surface area (Å²) in [6.07, 6.45) is 7.71. The van der Waals surface area contributed by atoms with Crippen LogP contribution < -0.4 is 14.2 Å². The molecule has 3 aromatic carbocycles. The molecule has 0 aromatic heterocycles. The summed E-state index contributed by atoms with van der Waals surface area (Å²) >= 11 is 0. The summed E-state index contributed by atoms with van der Waals surface area (Å²) in [5.41, 5.74) is 3.42. The van der Waals surface area contributed by atoms with E-state index >= 15 is 0 Å². The van der Waals surface area contributed by atoms with Gasteiger partial charge < -0.3 is 19.1 Å². The van der Waals surface area contributed by atoms with Crippen molar-refractivity contribution >= 4 is 17.8 Å². The van der Waals surface area contributed by atoms with Crippen molar-refractivity contribution in [2.45, 2.75) is 58.4 Å². The number of halogens is 1. The first-order valence-electron chi connectivity index (χ1n) is 13.8. The van der Waals surface area contributed by atoms with Crippen molar-refractivity contribution in [2.24, 2.45) is 4.99 Å². The Morgan fingerprint density at radius 3 is 2.44 bits per heavy atom. The van der Waals surface area contributed by atoms with Gasteiger partial charge in [-0.1, -0.05) is 17.7 Å². The van der Waals surface area contributed by atoms with Crippen LogP contribution in [0, 0.1) is 19.7 Å². The lowest BCUT2D eigenvalue weighted by atomic mass is 10.1. The fourth-order valence-electron chi connectivity index (χ4n) is 4.95. The maximum absolute atomic E-state index is 14.2. The van der Waals surface area contributed by atoms with Gasteiger partial charge >= 0.3 is 0 Å². The van der Waals surface area contributed by atoms with Gasteiger partial charge in [-0.2, -0.15) is 0 Å². The van der Waals surface area contributed by atoms with Gasteiger partial charge in [-0.15, -0.1) is 0 Å². The van der Waals surface area contributed by atoms with E-state index in [-0.39, 0.29) is 17.7 Å². The normalized spacial score (nSPS) is 16.0. The van der Waals surface area contributed by atoms with Crippen LogP contribution in [0.25, 0.3) is 0 Å². The molecule has 0 aliphatic carbocycles. The number of carbonyl (C=O) groups is 1. The smallest absolute Gasteiger partial charge is 0.256 e. The van der Waals surface area contributed by atoms with Crippen LogP contribution in [-0.2, 0) is 0 Å². The Bertz CT molecular complexity index is 1340. The van der Waals surface area contributed by atoms with Crippen LogP contribution in [-0.4, -0.2) is 42.8 Å². The molecule has 0 saturated carbocycles. The highest BCUT2D eigenvalue weighted by Gasteiger charge is 2.32. The Morgan fingerprint density at radius 2 is 1.64 bits per heavy atom. The van der Waals surface area contributed by atoms with Crippen LogP contribution in [0.3, 0.4) is 0 Å². The SMILES string of the molecule is Cc1ccc(Oc2cc(OCCCCCCOc3cc4c(cc3C)C(=O)N3CCC[C@H]3C=N4)ccc2F)cc1. The summed E-state index contributed by atoms with van der Waals surface area (Å²) in [6, 6.07) is 16.0. The fraction of sp³-hybridized carbons (Fsp3) is 0.375. The molecule has 39 heavy (non-hydrogen) atoms. The van der Waals surface area contributed by atoms with Gasteiger partial charge in [-0.3, -0.25) is 9.79 Å². The Balaban J connectivity index is 1.03. The molecule has 3 aromatic rings. The van der Waals surface area contributed by atoms with E-state index in [0.717, 1.165) is 61.9 Å². The number of amides is 1. The third-order valence-electron chi connectivity index (χ3n) is 7.19. The minimum atomic E-state index is -0.425.